The van der Waals surface area contributed by atoms with Gasteiger partial charge in [0.2, 0.25) is 0 Å². The van der Waals surface area contributed by atoms with Crippen LogP contribution < -0.4 is 0 Å². The van der Waals surface area contributed by atoms with Gasteiger partial charge in [0.15, 0.2) is 5.70 Å². The maximum atomic E-state index is 16.2. The number of allylic oxidation sites excluding steroid dienone is 2. The molecule has 0 N–H and O–H groups in total. The van der Waals surface area contributed by atoms with Gasteiger partial charge in [0, 0.05) is 39.4 Å². The minimum atomic E-state index is -4.04. The molecule has 158 valence electrons. The van der Waals surface area contributed by atoms with Crippen molar-refractivity contribution in [3.05, 3.63) is 73.2 Å². The molecular formula is C23H25BCl2F2N2. The minimum absolute atomic E-state index is 0.498. The number of nitrogens with zero attached hydrogens (tertiary/aromatic N) is 2. The predicted molar refractivity (Wildman–Crippen MR) is 123 cm³/mol. The summed E-state index contributed by atoms with van der Waals surface area (Å²) in [5.74, 6) is 0. The molecule has 2 aliphatic heterocycles. The van der Waals surface area contributed by atoms with Crippen LogP contribution in [0, 0.1) is 13.8 Å². The van der Waals surface area contributed by atoms with Gasteiger partial charge in [-0.1, -0.05) is 37.0 Å². The molecule has 1 aromatic carbocycles. The maximum absolute atomic E-state index is 16.2. The van der Waals surface area contributed by atoms with E-state index in [1.807, 2.05) is 27.7 Å². The van der Waals surface area contributed by atoms with Gasteiger partial charge in [-0.25, -0.2) is 0 Å². The average Bonchev–Trinajstić information content (AvgIpc) is 3.09. The summed E-state index contributed by atoms with van der Waals surface area (Å²) >= 11 is 12.9. The molecule has 0 saturated carbocycles. The molecule has 7 heteroatoms. The normalized spacial score (nSPS) is 17.8. The molecular weight excluding hydrogens is 424 g/mol. The number of halogens is 4. The number of benzene rings is 1. The molecule has 0 unspecified atom stereocenters. The van der Waals surface area contributed by atoms with Gasteiger partial charge < -0.3 is 17.6 Å². The van der Waals surface area contributed by atoms with E-state index in [1.54, 1.807) is 32.0 Å². The third-order valence-electron chi connectivity index (χ3n) is 6.69. The number of hydrogen-bond donors (Lipinski definition) is 0. The van der Waals surface area contributed by atoms with Gasteiger partial charge in [0.05, 0.1) is 5.57 Å². The van der Waals surface area contributed by atoms with E-state index in [1.165, 1.54) is 8.96 Å². The van der Waals surface area contributed by atoms with Crippen LogP contribution in [-0.4, -0.2) is 21.6 Å². The van der Waals surface area contributed by atoms with E-state index in [-0.39, 0.29) is 0 Å². The van der Waals surface area contributed by atoms with Crippen molar-refractivity contribution in [1.82, 2.24) is 4.48 Å². The Bertz CT molecular complexity index is 1200. The quantitative estimate of drug-likeness (QED) is 0.439. The summed E-state index contributed by atoms with van der Waals surface area (Å²) in [6, 6.07) is 5.24. The zero-order valence-corrected chi connectivity index (χ0v) is 19.6. The van der Waals surface area contributed by atoms with Gasteiger partial charge in [-0.2, -0.15) is 0 Å². The Morgan fingerprint density at radius 1 is 1.03 bits per heavy atom. The van der Waals surface area contributed by atoms with Crippen molar-refractivity contribution < 1.29 is 13.1 Å². The monoisotopic (exact) mass is 448 g/mol. The third-order valence-corrected chi connectivity index (χ3v) is 7.26. The average molecular weight is 449 g/mol. The Kier molecular flexibility index (Phi) is 5.06. The van der Waals surface area contributed by atoms with Crippen LogP contribution in [-0.2, 0) is 6.42 Å². The van der Waals surface area contributed by atoms with Crippen LogP contribution >= 0.6 is 23.2 Å². The van der Waals surface area contributed by atoms with Gasteiger partial charge >= 0.3 is 6.97 Å². The minimum Gasteiger partial charge on any atom is -0.393 e. The SMILES string of the molecule is CCC1=C(C)C2=C(c3cc(Cl)ccc3Cl)c3c(C)c(CC)c(C)n3[B-](F)(F)[N+]2=C1C. The maximum Gasteiger partial charge on any atom is 0.737 e. The first-order valence-corrected chi connectivity index (χ1v) is 11.1. The van der Waals surface area contributed by atoms with E-state index in [0.717, 1.165) is 27.8 Å². The molecule has 0 radical (unpaired) electrons. The summed E-state index contributed by atoms with van der Waals surface area (Å²) in [6.45, 7) is 7.42. The molecule has 0 fully saturated rings. The summed E-state index contributed by atoms with van der Waals surface area (Å²) in [7, 11) is 0. The molecule has 0 saturated heterocycles. The Morgan fingerprint density at radius 2 is 1.70 bits per heavy atom. The number of fused-ring (bicyclic) bond motifs is 2. The molecule has 2 aromatic rings. The lowest BCUT2D eigenvalue weighted by Crippen LogP contribution is -2.51. The predicted octanol–water partition coefficient (Wildman–Crippen LogP) is 7.18. The summed E-state index contributed by atoms with van der Waals surface area (Å²) in [6.07, 6.45) is 1.38. The van der Waals surface area contributed by atoms with E-state index in [2.05, 4.69) is 0 Å². The second-order valence-electron chi connectivity index (χ2n) is 8.11. The Hall–Kier alpha value is -1.85. The highest BCUT2D eigenvalue weighted by atomic mass is 35.5. The van der Waals surface area contributed by atoms with E-state index >= 15 is 8.63 Å². The van der Waals surface area contributed by atoms with Crippen LogP contribution in [0.15, 0.2) is 35.0 Å². The fourth-order valence-electron chi connectivity index (χ4n) is 5.42. The largest absolute Gasteiger partial charge is 0.737 e. The van der Waals surface area contributed by atoms with Gasteiger partial charge in [-0.3, -0.25) is 0 Å². The number of aromatic nitrogens is 1. The molecule has 30 heavy (non-hydrogen) atoms. The van der Waals surface area contributed by atoms with Gasteiger partial charge in [0.1, 0.15) is 5.71 Å². The van der Waals surface area contributed by atoms with Gasteiger partial charge in [-0.05, 0) is 68.6 Å². The lowest BCUT2D eigenvalue weighted by atomic mass is 9.83. The number of rotatable bonds is 3. The fourth-order valence-corrected chi connectivity index (χ4v) is 5.81. The molecule has 1 aromatic heterocycles. The van der Waals surface area contributed by atoms with Crippen molar-refractivity contribution in [2.24, 2.45) is 0 Å². The van der Waals surface area contributed by atoms with Crippen molar-refractivity contribution in [2.75, 3.05) is 0 Å². The van der Waals surface area contributed by atoms with E-state index in [9.17, 15) is 0 Å². The van der Waals surface area contributed by atoms with Crippen molar-refractivity contribution >= 4 is 41.5 Å². The van der Waals surface area contributed by atoms with Crippen LogP contribution in [0.5, 0.6) is 0 Å². The van der Waals surface area contributed by atoms with Crippen molar-refractivity contribution in [3.8, 4) is 0 Å². The molecule has 0 atom stereocenters. The summed E-state index contributed by atoms with van der Waals surface area (Å²) in [4.78, 5) is 0. The second kappa shape index (κ2) is 7.10. The lowest BCUT2D eigenvalue weighted by molar-refractivity contribution is -0.363. The summed E-state index contributed by atoms with van der Waals surface area (Å²) in [5.41, 5.74) is 7.41. The highest BCUT2D eigenvalue weighted by Gasteiger charge is 2.56. The Labute approximate surface area is 186 Å². The molecule has 2 aliphatic rings. The fraction of sp³-hybridized carbons (Fsp3) is 0.348. The molecule has 0 aliphatic carbocycles. The van der Waals surface area contributed by atoms with Crippen molar-refractivity contribution in [2.45, 2.75) is 54.4 Å². The van der Waals surface area contributed by atoms with E-state index in [4.69, 9.17) is 23.2 Å². The third kappa shape index (κ3) is 2.64. The molecule has 2 nitrogen and oxygen atoms in total. The highest BCUT2D eigenvalue weighted by molar-refractivity contribution is 6.58. The topological polar surface area (TPSA) is 7.94 Å². The Morgan fingerprint density at radius 3 is 2.30 bits per heavy atom. The van der Waals surface area contributed by atoms with Crippen LogP contribution in [0.2, 0.25) is 10.0 Å². The first kappa shape index (κ1) is 21.4. The van der Waals surface area contributed by atoms with Crippen molar-refractivity contribution in [3.63, 3.8) is 0 Å². The van der Waals surface area contributed by atoms with Crippen LogP contribution in [0.25, 0.3) is 5.57 Å². The van der Waals surface area contributed by atoms with Gasteiger partial charge in [0.25, 0.3) is 0 Å². The molecule has 4 rings (SSSR count). The van der Waals surface area contributed by atoms with Crippen LogP contribution in [0.4, 0.5) is 8.63 Å². The zero-order chi connectivity index (χ0) is 22.1. The van der Waals surface area contributed by atoms with E-state index < -0.39 is 6.97 Å². The highest BCUT2D eigenvalue weighted by Crippen LogP contribution is 2.48. The van der Waals surface area contributed by atoms with Crippen molar-refractivity contribution in [1.29, 1.82) is 0 Å². The molecule has 0 spiro atoms. The number of hydrogen-bond acceptors (Lipinski definition) is 0. The van der Waals surface area contributed by atoms with E-state index in [0.29, 0.717) is 51.2 Å². The zero-order valence-electron chi connectivity index (χ0n) is 18.1. The first-order chi connectivity index (χ1) is 14.1. The summed E-state index contributed by atoms with van der Waals surface area (Å²) in [5, 5.41) is 1.02. The first-order valence-electron chi connectivity index (χ1n) is 10.3. The Balaban J connectivity index is 2.27. The molecule has 0 bridgehead atoms. The van der Waals surface area contributed by atoms with Gasteiger partial charge in [-0.15, -0.1) is 0 Å². The molecule has 3 heterocycles. The standard InChI is InChI=1S/C23H25BCl2F2N2/c1-7-17-12(3)22-21(19-11-16(25)9-10-20(19)26)23-13(4)18(8-2)15(6)30(23)24(27,28)29(22)14(17)5/h9-11H,7-8H2,1-6H3. The smallest absolute Gasteiger partial charge is 0.393 e. The van der Waals surface area contributed by atoms with Crippen LogP contribution in [0.3, 0.4) is 0 Å². The molecule has 0 amide bonds. The second-order valence-corrected chi connectivity index (χ2v) is 8.95. The summed E-state index contributed by atoms with van der Waals surface area (Å²) < 4.78 is 34.8. The lowest BCUT2D eigenvalue weighted by Gasteiger charge is -2.34. The van der Waals surface area contributed by atoms with Crippen LogP contribution in [0.1, 0.15) is 62.2 Å².